The maximum atomic E-state index is 11.0. The average Bonchev–Trinajstić information content (AvgIpc) is 2.93. The Bertz CT molecular complexity index is 605. The molecule has 0 aliphatic heterocycles. The Kier molecular flexibility index (Phi) is 4.47. The summed E-state index contributed by atoms with van der Waals surface area (Å²) in [6, 6.07) is 7.07. The van der Waals surface area contributed by atoms with Gasteiger partial charge >= 0.3 is 5.97 Å². The number of ether oxygens (including phenoxy) is 3. The monoisotopic (exact) mass is 294 g/mol. The average molecular weight is 294 g/mol. The number of rotatable bonds is 6. The minimum atomic E-state index is -0.984. The molecule has 2 aromatic rings. The second kappa shape index (κ2) is 6.29. The van der Waals surface area contributed by atoms with E-state index in [2.05, 4.69) is 0 Å². The minimum absolute atomic E-state index is 0.200. The van der Waals surface area contributed by atoms with E-state index < -0.39 is 5.97 Å². The number of hydrogen-bond acceptors (Lipinski definition) is 5. The fourth-order valence-corrected chi connectivity index (χ4v) is 2.37. The van der Waals surface area contributed by atoms with E-state index in [9.17, 15) is 4.79 Å². The van der Waals surface area contributed by atoms with E-state index in [1.165, 1.54) is 0 Å². The molecule has 1 heterocycles. The third-order valence-corrected chi connectivity index (χ3v) is 3.55. The summed E-state index contributed by atoms with van der Waals surface area (Å²) in [5.74, 6) is 0.634. The number of aromatic carboxylic acids is 1. The van der Waals surface area contributed by atoms with Gasteiger partial charge in [-0.15, -0.1) is 11.3 Å². The topological polar surface area (TPSA) is 65.0 Å². The number of thiophene rings is 1. The molecule has 0 radical (unpaired) electrons. The number of carboxylic acids is 1. The summed E-state index contributed by atoms with van der Waals surface area (Å²) in [5.41, 5.74) is 0.866. The van der Waals surface area contributed by atoms with Gasteiger partial charge < -0.3 is 19.3 Å². The molecule has 20 heavy (non-hydrogen) atoms. The summed E-state index contributed by atoms with van der Waals surface area (Å²) in [5, 5.41) is 10.7. The molecule has 5 nitrogen and oxygen atoms in total. The van der Waals surface area contributed by atoms with Crippen molar-refractivity contribution < 1.29 is 24.1 Å². The molecule has 106 valence electrons. The molecule has 0 amide bonds. The van der Waals surface area contributed by atoms with Crippen LogP contribution in [-0.2, 0) is 6.61 Å². The Morgan fingerprint density at radius 1 is 1.15 bits per heavy atom. The zero-order valence-corrected chi connectivity index (χ0v) is 11.9. The minimum Gasteiger partial charge on any atom is -0.493 e. The van der Waals surface area contributed by atoms with Crippen LogP contribution in [0.2, 0.25) is 0 Å². The first kappa shape index (κ1) is 14.2. The maximum Gasteiger partial charge on any atom is 0.349 e. The molecule has 1 aromatic carbocycles. The highest BCUT2D eigenvalue weighted by Crippen LogP contribution is 2.29. The van der Waals surface area contributed by atoms with Crippen LogP contribution in [-0.4, -0.2) is 25.3 Å². The van der Waals surface area contributed by atoms with Gasteiger partial charge in [-0.25, -0.2) is 4.79 Å². The molecule has 0 atom stereocenters. The lowest BCUT2D eigenvalue weighted by Crippen LogP contribution is -2.01. The second-order valence-corrected chi connectivity index (χ2v) is 4.81. The molecule has 0 aliphatic carbocycles. The van der Waals surface area contributed by atoms with Crippen molar-refractivity contribution in [2.24, 2.45) is 0 Å². The van der Waals surface area contributed by atoms with Gasteiger partial charge in [-0.2, -0.15) is 0 Å². The van der Waals surface area contributed by atoms with Crippen LogP contribution in [0.25, 0.3) is 0 Å². The van der Waals surface area contributed by atoms with Crippen LogP contribution in [0.3, 0.4) is 0 Å². The highest BCUT2D eigenvalue weighted by atomic mass is 32.1. The zero-order chi connectivity index (χ0) is 14.5. The van der Waals surface area contributed by atoms with E-state index in [-0.39, 0.29) is 11.5 Å². The molecule has 0 unspecified atom stereocenters. The zero-order valence-electron chi connectivity index (χ0n) is 11.1. The van der Waals surface area contributed by atoms with Crippen molar-refractivity contribution in [3.05, 3.63) is 40.1 Å². The van der Waals surface area contributed by atoms with E-state index in [0.717, 1.165) is 16.9 Å². The van der Waals surface area contributed by atoms with E-state index >= 15 is 0 Å². The van der Waals surface area contributed by atoms with Gasteiger partial charge in [-0.1, -0.05) is 6.07 Å². The van der Waals surface area contributed by atoms with Crippen LogP contribution in [0, 0.1) is 0 Å². The highest BCUT2D eigenvalue weighted by molar-refractivity contribution is 7.12. The highest BCUT2D eigenvalue weighted by Gasteiger charge is 2.13. The van der Waals surface area contributed by atoms with Gasteiger partial charge in [0, 0.05) is 0 Å². The summed E-state index contributed by atoms with van der Waals surface area (Å²) in [6.45, 7) is 0.261. The van der Waals surface area contributed by atoms with Crippen molar-refractivity contribution in [3.8, 4) is 17.2 Å². The predicted octanol–water partition coefficient (Wildman–Crippen LogP) is 3.04. The Balaban J connectivity index is 2.11. The van der Waals surface area contributed by atoms with Crippen molar-refractivity contribution in [2.75, 3.05) is 14.2 Å². The van der Waals surface area contributed by atoms with Gasteiger partial charge in [-0.05, 0) is 29.1 Å². The Hall–Kier alpha value is -2.21. The molecular weight excluding hydrogens is 280 g/mol. The van der Waals surface area contributed by atoms with Crippen molar-refractivity contribution in [2.45, 2.75) is 6.61 Å². The normalized spacial score (nSPS) is 10.1. The lowest BCUT2D eigenvalue weighted by Gasteiger charge is -2.10. The summed E-state index contributed by atoms with van der Waals surface area (Å²) in [7, 11) is 3.13. The number of carboxylic acid groups (broad SMARTS) is 1. The molecule has 1 aromatic heterocycles. The summed E-state index contributed by atoms with van der Waals surface area (Å²) in [6.07, 6.45) is 0. The molecule has 0 saturated heterocycles. The fourth-order valence-electron chi connectivity index (χ4n) is 1.70. The van der Waals surface area contributed by atoms with Crippen molar-refractivity contribution in [3.63, 3.8) is 0 Å². The number of methoxy groups -OCH3 is 2. The lowest BCUT2D eigenvalue weighted by atomic mass is 10.2. The maximum absolute atomic E-state index is 11.0. The Morgan fingerprint density at radius 2 is 1.90 bits per heavy atom. The third-order valence-electron chi connectivity index (χ3n) is 2.67. The standard InChI is InChI=1S/C14H14O5S/c1-17-10-4-3-9(7-12(10)18-2)8-19-11-5-6-20-13(11)14(15)16/h3-7H,8H2,1-2H3,(H,15,16). The van der Waals surface area contributed by atoms with E-state index in [0.29, 0.717) is 17.2 Å². The molecular formula is C14H14O5S. The van der Waals surface area contributed by atoms with E-state index in [1.54, 1.807) is 37.8 Å². The Labute approximate surface area is 120 Å². The molecule has 1 N–H and O–H groups in total. The molecule has 0 bridgehead atoms. The van der Waals surface area contributed by atoms with Crippen molar-refractivity contribution in [1.82, 2.24) is 0 Å². The quantitative estimate of drug-likeness (QED) is 0.887. The van der Waals surface area contributed by atoms with Crippen LogP contribution >= 0.6 is 11.3 Å². The first-order valence-corrected chi connectivity index (χ1v) is 6.68. The molecule has 0 spiro atoms. The van der Waals surface area contributed by atoms with Gasteiger partial charge in [0.1, 0.15) is 12.4 Å². The van der Waals surface area contributed by atoms with Crippen LogP contribution in [0.15, 0.2) is 29.6 Å². The predicted molar refractivity (Wildman–Crippen MR) is 75.2 cm³/mol. The summed E-state index contributed by atoms with van der Waals surface area (Å²) < 4.78 is 15.9. The number of carbonyl (C=O) groups is 1. The van der Waals surface area contributed by atoms with Gasteiger partial charge in [-0.3, -0.25) is 0 Å². The van der Waals surface area contributed by atoms with Gasteiger partial charge in [0.2, 0.25) is 0 Å². The molecule has 6 heteroatoms. The smallest absolute Gasteiger partial charge is 0.349 e. The third kappa shape index (κ3) is 3.03. The fraction of sp³-hybridized carbons (Fsp3) is 0.214. The van der Waals surface area contributed by atoms with Crippen LogP contribution in [0.4, 0.5) is 0 Å². The van der Waals surface area contributed by atoms with Crippen molar-refractivity contribution in [1.29, 1.82) is 0 Å². The SMILES string of the molecule is COc1ccc(COc2ccsc2C(=O)O)cc1OC. The molecule has 0 aliphatic rings. The Morgan fingerprint density at radius 3 is 2.55 bits per heavy atom. The molecule has 2 rings (SSSR count). The van der Waals surface area contributed by atoms with E-state index in [1.807, 2.05) is 6.07 Å². The summed E-state index contributed by atoms with van der Waals surface area (Å²) in [4.78, 5) is 11.2. The lowest BCUT2D eigenvalue weighted by molar-refractivity contribution is 0.0697. The van der Waals surface area contributed by atoms with Crippen molar-refractivity contribution >= 4 is 17.3 Å². The number of benzene rings is 1. The molecule has 0 fully saturated rings. The largest absolute Gasteiger partial charge is 0.493 e. The first-order valence-electron chi connectivity index (χ1n) is 5.80. The van der Waals surface area contributed by atoms with Crippen LogP contribution in [0.1, 0.15) is 15.2 Å². The van der Waals surface area contributed by atoms with Gasteiger partial charge in [0.15, 0.2) is 16.4 Å². The first-order chi connectivity index (χ1) is 9.65. The second-order valence-electron chi connectivity index (χ2n) is 3.90. The number of hydrogen-bond donors (Lipinski definition) is 1. The van der Waals surface area contributed by atoms with Crippen LogP contribution in [0.5, 0.6) is 17.2 Å². The summed E-state index contributed by atoms with van der Waals surface area (Å²) >= 11 is 1.14. The van der Waals surface area contributed by atoms with Crippen LogP contribution < -0.4 is 14.2 Å². The van der Waals surface area contributed by atoms with Gasteiger partial charge in [0.25, 0.3) is 0 Å². The van der Waals surface area contributed by atoms with Gasteiger partial charge in [0.05, 0.1) is 14.2 Å². The molecule has 0 saturated carbocycles. The van der Waals surface area contributed by atoms with E-state index in [4.69, 9.17) is 19.3 Å².